The molecule has 3 heteroatoms. The summed E-state index contributed by atoms with van der Waals surface area (Å²) in [5.74, 6) is 0.970. The lowest BCUT2D eigenvalue weighted by atomic mass is 10.1. The number of rotatable bonds is 5. The molecule has 1 aliphatic heterocycles. The highest BCUT2D eigenvalue weighted by molar-refractivity contribution is 5.59. The Morgan fingerprint density at radius 1 is 1.05 bits per heavy atom. The van der Waals surface area contributed by atoms with Crippen molar-refractivity contribution in [3.8, 4) is 5.75 Å². The lowest BCUT2D eigenvalue weighted by molar-refractivity contribution is 0.323. The molecule has 0 atom stereocenters. The van der Waals surface area contributed by atoms with E-state index in [9.17, 15) is 0 Å². The van der Waals surface area contributed by atoms with Gasteiger partial charge < -0.3 is 15.4 Å². The van der Waals surface area contributed by atoms with Crippen molar-refractivity contribution >= 4 is 5.69 Å². The minimum absolute atomic E-state index is 0.755. The van der Waals surface area contributed by atoms with Crippen molar-refractivity contribution in [3.05, 3.63) is 59.7 Å². The van der Waals surface area contributed by atoms with Crippen LogP contribution in [0.4, 0.5) is 5.69 Å². The first-order valence-electron chi connectivity index (χ1n) is 7.16. The maximum Gasteiger partial charge on any atom is 0.142 e. The standard InChI is InChI=1S/C17H20N2O/c1-2-4-15(5-3-1)13-18-9-8-14-6-7-17-16(12-14)19-10-11-20-17/h1-7,12,18-19H,8-11,13H2. The molecule has 1 heterocycles. The number of nitrogens with one attached hydrogen (secondary N) is 2. The second-order valence-electron chi connectivity index (χ2n) is 5.02. The molecule has 1 aliphatic rings. The van der Waals surface area contributed by atoms with Crippen LogP contribution in [-0.2, 0) is 13.0 Å². The Balaban J connectivity index is 1.49. The fourth-order valence-corrected chi connectivity index (χ4v) is 2.40. The van der Waals surface area contributed by atoms with E-state index in [1.165, 1.54) is 11.1 Å². The first kappa shape index (κ1) is 13.0. The van der Waals surface area contributed by atoms with Gasteiger partial charge in [0.25, 0.3) is 0 Å². The highest BCUT2D eigenvalue weighted by atomic mass is 16.5. The third-order valence-corrected chi connectivity index (χ3v) is 3.48. The molecule has 0 amide bonds. The Hall–Kier alpha value is -2.00. The minimum atomic E-state index is 0.755. The molecule has 0 unspecified atom stereocenters. The Labute approximate surface area is 120 Å². The molecule has 0 aliphatic carbocycles. The van der Waals surface area contributed by atoms with Crippen LogP contribution in [0.5, 0.6) is 5.75 Å². The Bertz CT molecular complexity index is 554. The molecule has 0 spiro atoms. The topological polar surface area (TPSA) is 33.3 Å². The number of hydrogen-bond acceptors (Lipinski definition) is 3. The van der Waals surface area contributed by atoms with Crippen molar-refractivity contribution in [2.75, 3.05) is 25.0 Å². The summed E-state index contributed by atoms with van der Waals surface area (Å²) < 4.78 is 5.58. The molecule has 2 aromatic carbocycles. The van der Waals surface area contributed by atoms with Crippen molar-refractivity contribution in [1.29, 1.82) is 0 Å². The van der Waals surface area contributed by atoms with E-state index in [0.29, 0.717) is 0 Å². The molecular formula is C17H20N2O. The van der Waals surface area contributed by atoms with Gasteiger partial charge in [-0.05, 0) is 36.2 Å². The van der Waals surface area contributed by atoms with E-state index in [1.54, 1.807) is 0 Å². The molecule has 0 saturated heterocycles. The van der Waals surface area contributed by atoms with Crippen LogP contribution in [0.3, 0.4) is 0 Å². The Morgan fingerprint density at radius 2 is 1.95 bits per heavy atom. The van der Waals surface area contributed by atoms with Crippen molar-refractivity contribution in [3.63, 3.8) is 0 Å². The van der Waals surface area contributed by atoms with E-state index >= 15 is 0 Å². The third kappa shape index (κ3) is 3.31. The quantitative estimate of drug-likeness (QED) is 0.818. The predicted octanol–water partition coefficient (Wildman–Crippen LogP) is 2.82. The maximum atomic E-state index is 5.58. The molecular weight excluding hydrogens is 248 g/mol. The highest BCUT2D eigenvalue weighted by Crippen LogP contribution is 2.27. The molecule has 2 aromatic rings. The van der Waals surface area contributed by atoms with E-state index in [1.807, 2.05) is 6.07 Å². The van der Waals surface area contributed by atoms with E-state index in [0.717, 1.165) is 44.1 Å². The fraction of sp³-hybridized carbons (Fsp3) is 0.294. The summed E-state index contributed by atoms with van der Waals surface area (Å²) in [6.45, 7) is 3.55. The van der Waals surface area contributed by atoms with Crippen molar-refractivity contribution in [2.45, 2.75) is 13.0 Å². The van der Waals surface area contributed by atoms with Gasteiger partial charge in [0.15, 0.2) is 0 Å². The average Bonchev–Trinajstić information content (AvgIpc) is 2.52. The van der Waals surface area contributed by atoms with Gasteiger partial charge in [-0.3, -0.25) is 0 Å². The van der Waals surface area contributed by atoms with E-state index < -0.39 is 0 Å². The van der Waals surface area contributed by atoms with E-state index in [-0.39, 0.29) is 0 Å². The highest BCUT2D eigenvalue weighted by Gasteiger charge is 2.09. The van der Waals surface area contributed by atoms with Crippen LogP contribution in [0.15, 0.2) is 48.5 Å². The van der Waals surface area contributed by atoms with Gasteiger partial charge in [0.05, 0.1) is 5.69 Å². The molecule has 0 bridgehead atoms. The Morgan fingerprint density at radius 3 is 2.85 bits per heavy atom. The third-order valence-electron chi connectivity index (χ3n) is 3.48. The second kappa shape index (κ2) is 6.44. The molecule has 104 valence electrons. The first-order chi connectivity index (χ1) is 9.92. The smallest absolute Gasteiger partial charge is 0.142 e. The summed E-state index contributed by atoms with van der Waals surface area (Å²) in [5, 5.41) is 6.85. The molecule has 0 radical (unpaired) electrons. The molecule has 0 fully saturated rings. The zero-order valence-corrected chi connectivity index (χ0v) is 11.6. The van der Waals surface area contributed by atoms with Gasteiger partial charge in [-0.2, -0.15) is 0 Å². The van der Waals surface area contributed by atoms with E-state index in [4.69, 9.17) is 4.74 Å². The fourth-order valence-electron chi connectivity index (χ4n) is 2.40. The van der Waals surface area contributed by atoms with Crippen LogP contribution in [0.1, 0.15) is 11.1 Å². The monoisotopic (exact) mass is 268 g/mol. The number of fused-ring (bicyclic) bond motifs is 1. The number of anilines is 1. The van der Waals surface area contributed by atoms with Crippen LogP contribution in [0.2, 0.25) is 0 Å². The van der Waals surface area contributed by atoms with Crippen LogP contribution < -0.4 is 15.4 Å². The zero-order valence-electron chi connectivity index (χ0n) is 11.6. The SMILES string of the molecule is c1ccc(CNCCc2ccc3c(c2)NCCO3)cc1. The lowest BCUT2D eigenvalue weighted by Crippen LogP contribution is -2.19. The summed E-state index contributed by atoms with van der Waals surface area (Å²) in [4.78, 5) is 0. The number of ether oxygens (including phenoxy) is 1. The summed E-state index contributed by atoms with van der Waals surface area (Å²) in [5.41, 5.74) is 3.78. The normalized spacial score (nSPS) is 13.2. The molecule has 3 rings (SSSR count). The van der Waals surface area contributed by atoms with Crippen molar-refractivity contribution in [2.24, 2.45) is 0 Å². The van der Waals surface area contributed by atoms with Gasteiger partial charge >= 0.3 is 0 Å². The second-order valence-corrected chi connectivity index (χ2v) is 5.02. The van der Waals surface area contributed by atoms with Gasteiger partial charge in [-0.1, -0.05) is 36.4 Å². The molecule has 0 saturated carbocycles. The minimum Gasteiger partial charge on any atom is -0.490 e. The number of hydrogen-bond donors (Lipinski definition) is 2. The zero-order chi connectivity index (χ0) is 13.6. The van der Waals surface area contributed by atoms with Crippen LogP contribution in [0.25, 0.3) is 0 Å². The van der Waals surface area contributed by atoms with Gasteiger partial charge in [-0.15, -0.1) is 0 Å². The summed E-state index contributed by atoms with van der Waals surface area (Å²) in [6, 6.07) is 16.9. The molecule has 2 N–H and O–H groups in total. The summed E-state index contributed by atoms with van der Waals surface area (Å²) in [6.07, 6.45) is 1.03. The van der Waals surface area contributed by atoms with Gasteiger partial charge in [-0.25, -0.2) is 0 Å². The van der Waals surface area contributed by atoms with Crippen LogP contribution in [0, 0.1) is 0 Å². The molecule has 20 heavy (non-hydrogen) atoms. The largest absolute Gasteiger partial charge is 0.490 e. The van der Waals surface area contributed by atoms with Gasteiger partial charge in [0, 0.05) is 13.1 Å². The predicted molar refractivity (Wildman–Crippen MR) is 82.3 cm³/mol. The van der Waals surface area contributed by atoms with Crippen LogP contribution in [-0.4, -0.2) is 19.7 Å². The molecule has 0 aromatic heterocycles. The van der Waals surface area contributed by atoms with Crippen molar-refractivity contribution < 1.29 is 4.74 Å². The Kier molecular flexibility index (Phi) is 4.19. The molecule has 3 nitrogen and oxygen atoms in total. The van der Waals surface area contributed by atoms with Crippen LogP contribution >= 0.6 is 0 Å². The van der Waals surface area contributed by atoms with Gasteiger partial charge in [0.1, 0.15) is 12.4 Å². The van der Waals surface area contributed by atoms with E-state index in [2.05, 4.69) is 53.1 Å². The van der Waals surface area contributed by atoms with Gasteiger partial charge in [0.2, 0.25) is 0 Å². The lowest BCUT2D eigenvalue weighted by Gasteiger charge is -2.19. The van der Waals surface area contributed by atoms with Crippen molar-refractivity contribution in [1.82, 2.24) is 5.32 Å². The number of benzene rings is 2. The first-order valence-corrected chi connectivity index (χ1v) is 7.16. The summed E-state index contributed by atoms with van der Waals surface area (Å²) in [7, 11) is 0. The maximum absolute atomic E-state index is 5.58. The summed E-state index contributed by atoms with van der Waals surface area (Å²) >= 11 is 0. The average molecular weight is 268 g/mol.